The molecule has 2 saturated heterocycles. The third kappa shape index (κ3) is 1.83. The van der Waals surface area contributed by atoms with Gasteiger partial charge in [0.1, 0.15) is 0 Å². The van der Waals surface area contributed by atoms with Crippen LogP contribution in [-0.2, 0) is 4.74 Å². The minimum Gasteiger partial charge on any atom is -0.436 e. The molecule has 3 aliphatic rings. The molecule has 100 valence electrons. The van der Waals surface area contributed by atoms with Gasteiger partial charge in [-0.25, -0.2) is 4.79 Å². The minimum atomic E-state index is -0.403. The predicted molar refractivity (Wildman–Crippen MR) is 69.2 cm³/mol. The van der Waals surface area contributed by atoms with Gasteiger partial charge < -0.3 is 10.1 Å². The maximum Gasteiger partial charge on any atom is 0.415 e. The molecule has 0 aromatic rings. The standard InChI is InChI=1S/C14H22N2O2/c1-11-14(7-9-15-10-8-14)18-13(17)16(11)12-5-3-2-4-6-12/h12,15H,1-10H2. The van der Waals surface area contributed by atoms with Crippen LogP contribution >= 0.6 is 0 Å². The maximum atomic E-state index is 12.2. The highest BCUT2D eigenvalue weighted by atomic mass is 16.6. The van der Waals surface area contributed by atoms with Crippen LogP contribution in [0.4, 0.5) is 4.79 Å². The highest BCUT2D eigenvalue weighted by Gasteiger charge is 2.51. The molecule has 18 heavy (non-hydrogen) atoms. The topological polar surface area (TPSA) is 41.6 Å². The molecule has 0 radical (unpaired) electrons. The van der Waals surface area contributed by atoms with Gasteiger partial charge in [-0.2, -0.15) is 0 Å². The molecule has 3 rings (SSSR count). The fraction of sp³-hybridized carbons (Fsp3) is 0.786. The molecule has 0 unspecified atom stereocenters. The van der Waals surface area contributed by atoms with Crippen LogP contribution in [0.2, 0.25) is 0 Å². The maximum absolute atomic E-state index is 12.2. The van der Waals surface area contributed by atoms with E-state index in [2.05, 4.69) is 11.9 Å². The number of carbonyl (C=O) groups excluding carboxylic acids is 1. The van der Waals surface area contributed by atoms with Gasteiger partial charge in [0.25, 0.3) is 0 Å². The van der Waals surface area contributed by atoms with Gasteiger partial charge >= 0.3 is 6.09 Å². The average Bonchev–Trinajstić information content (AvgIpc) is 2.63. The Hall–Kier alpha value is -1.03. The lowest BCUT2D eigenvalue weighted by Crippen LogP contribution is -2.44. The van der Waals surface area contributed by atoms with E-state index in [1.54, 1.807) is 0 Å². The van der Waals surface area contributed by atoms with Gasteiger partial charge in [-0.05, 0) is 25.9 Å². The molecule has 1 amide bonds. The number of nitrogens with one attached hydrogen (secondary N) is 1. The minimum absolute atomic E-state index is 0.159. The van der Waals surface area contributed by atoms with Crippen LogP contribution in [0.5, 0.6) is 0 Å². The molecule has 4 heteroatoms. The molecule has 2 aliphatic heterocycles. The van der Waals surface area contributed by atoms with Crippen molar-refractivity contribution in [2.75, 3.05) is 13.1 Å². The molecule has 3 fully saturated rings. The van der Waals surface area contributed by atoms with Crippen molar-refractivity contribution in [3.05, 3.63) is 12.3 Å². The van der Waals surface area contributed by atoms with E-state index in [0.717, 1.165) is 44.5 Å². The van der Waals surface area contributed by atoms with Crippen molar-refractivity contribution in [3.63, 3.8) is 0 Å². The molecule has 4 nitrogen and oxygen atoms in total. The Bertz CT molecular complexity index is 355. The highest BCUT2D eigenvalue weighted by Crippen LogP contribution is 2.42. The number of hydrogen-bond donors (Lipinski definition) is 1. The van der Waals surface area contributed by atoms with Gasteiger partial charge in [0.15, 0.2) is 5.60 Å². The summed E-state index contributed by atoms with van der Waals surface area (Å²) in [4.78, 5) is 14.0. The molecule has 1 aliphatic carbocycles. The van der Waals surface area contributed by atoms with Crippen molar-refractivity contribution < 1.29 is 9.53 Å². The first-order valence-corrected chi connectivity index (χ1v) is 7.15. The van der Waals surface area contributed by atoms with Crippen molar-refractivity contribution in [1.29, 1.82) is 0 Å². The number of piperidine rings is 1. The average molecular weight is 250 g/mol. The molecular formula is C14H22N2O2. The quantitative estimate of drug-likeness (QED) is 0.777. The first-order chi connectivity index (χ1) is 8.73. The molecule has 1 N–H and O–H groups in total. The zero-order chi connectivity index (χ0) is 12.6. The summed E-state index contributed by atoms with van der Waals surface area (Å²) >= 11 is 0. The third-order valence-electron chi connectivity index (χ3n) is 4.65. The number of ether oxygens (including phenoxy) is 1. The Morgan fingerprint density at radius 1 is 1.22 bits per heavy atom. The molecule has 1 saturated carbocycles. The van der Waals surface area contributed by atoms with Crippen LogP contribution < -0.4 is 5.32 Å². The fourth-order valence-corrected chi connectivity index (χ4v) is 3.53. The van der Waals surface area contributed by atoms with Gasteiger partial charge in [-0.15, -0.1) is 0 Å². The van der Waals surface area contributed by atoms with E-state index < -0.39 is 5.60 Å². The summed E-state index contributed by atoms with van der Waals surface area (Å²) in [7, 11) is 0. The van der Waals surface area contributed by atoms with Gasteiger partial charge in [0.2, 0.25) is 0 Å². The highest BCUT2D eigenvalue weighted by molar-refractivity contribution is 5.75. The molecule has 0 aromatic heterocycles. The van der Waals surface area contributed by atoms with Crippen molar-refractivity contribution in [1.82, 2.24) is 10.2 Å². The number of amides is 1. The van der Waals surface area contributed by atoms with Crippen LogP contribution in [0.25, 0.3) is 0 Å². The summed E-state index contributed by atoms with van der Waals surface area (Å²) in [6.07, 6.45) is 7.49. The summed E-state index contributed by atoms with van der Waals surface area (Å²) in [5, 5.41) is 3.31. The van der Waals surface area contributed by atoms with Crippen molar-refractivity contribution in [2.24, 2.45) is 0 Å². The van der Waals surface area contributed by atoms with Crippen LogP contribution in [-0.4, -0.2) is 35.7 Å². The number of carbonyl (C=O) groups is 1. The Labute approximate surface area is 108 Å². The lowest BCUT2D eigenvalue weighted by Gasteiger charge is -2.35. The van der Waals surface area contributed by atoms with Crippen molar-refractivity contribution in [3.8, 4) is 0 Å². The third-order valence-corrected chi connectivity index (χ3v) is 4.65. The second-order valence-corrected chi connectivity index (χ2v) is 5.72. The van der Waals surface area contributed by atoms with Crippen molar-refractivity contribution in [2.45, 2.75) is 56.6 Å². The molecule has 2 heterocycles. The number of rotatable bonds is 1. The van der Waals surface area contributed by atoms with E-state index in [0.29, 0.717) is 6.04 Å². The second-order valence-electron chi connectivity index (χ2n) is 5.72. The fourth-order valence-electron chi connectivity index (χ4n) is 3.53. The first-order valence-electron chi connectivity index (χ1n) is 7.15. The molecule has 0 bridgehead atoms. The van der Waals surface area contributed by atoms with E-state index in [-0.39, 0.29) is 6.09 Å². The van der Waals surface area contributed by atoms with Gasteiger partial charge in [0, 0.05) is 18.9 Å². The van der Waals surface area contributed by atoms with E-state index >= 15 is 0 Å². The van der Waals surface area contributed by atoms with Gasteiger partial charge in [0.05, 0.1) is 5.70 Å². The lowest BCUT2D eigenvalue weighted by atomic mass is 9.87. The molecular weight excluding hydrogens is 228 g/mol. The van der Waals surface area contributed by atoms with Crippen LogP contribution in [0, 0.1) is 0 Å². The van der Waals surface area contributed by atoms with Gasteiger partial charge in [-0.3, -0.25) is 4.90 Å². The Morgan fingerprint density at radius 2 is 1.89 bits per heavy atom. The second kappa shape index (κ2) is 4.57. The zero-order valence-electron chi connectivity index (χ0n) is 10.9. The molecule has 1 spiro atoms. The van der Waals surface area contributed by atoms with Crippen LogP contribution in [0.1, 0.15) is 44.9 Å². The molecule has 0 aromatic carbocycles. The monoisotopic (exact) mass is 250 g/mol. The Morgan fingerprint density at radius 3 is 2.56 bits per heavy atom. The van der Waals surface area contributed by atoms with Gasteiger partial charge in [-0.1, -0.05) is 25.8 Å². The van der Waals surface area contributed by atoms with E-state index in [1.807, 2.05) is 4.90 Å². The van der Waals surface area contributed by atoms with Crippen LogP contribution in [0.3, 0.4) is 0 Å². The van der Waals surface area contributed by atoms with E-state index in [4.69, 9.17) is 4.74 Å². The lowest BCUT2D eigenvalue weighted by molar-refractivity contribution is 0.0447. The smallest absolute Gasteiger partial charge is 0.415 e. The summed E-state index contributed by atoms with van der Waals surface area (Å²) in [5.41, 5.74) is 0.515. The van der Waals surface area contributed by atoms with Crippen molar-refractivity contribution >= 4 is 6.09 Å². The Kier molecular flexibility index (Phi) is 3.06. The largest absolute Gasteiger partial charge is 0.436 e. The molecule has 0 atom stereocenters. The number of nitrogens with zero attached hydrogens (tertiary/aromatic N) is 1. The predicted octanol–water partition coefficient (Wildman–Crippen LogP) is 2.41. The normalized spacial score (nSPS) is 28.8. The Balaban J connectivity index is 1.79. The summed E-state index contributed by atoms with van der Waals surface area (Å²) < 4.78 is 5.72. The summed E-state index contributed by atoms with van der Waals surface area (Å²) in [6, 6.07) is 0.327. The summed E-state index contributed by atoms with van der Waals surface area (Å²) in [6.45, 7) is 6.01. The zero-order valence-corrected chi connectivity index (χ0v) is 10.9. The SMILES string of the molecule is C=C1N(C2CCCCC2)C(=O)OC12CCNCC2. The van der Waals surface area contributed by atoms with E-state index in [9.17, 15) is 4.79 Å². The first kappa shape index (κ1) is 12.0. The van der Waals surface area contributed by atoms with Crippen LogP contribution in [0.15, 0.2) is 12.3 Å². The number of hydrogen-bond acceptors (Lipinski definition) is 3. The summed E-state index contributed by atoms with van der Waals surface area (Å²) in [5.74, 6) is 0. The van der Waals surface area contributed by atoms with E-state index in [1.165, 1.54) is 19.3 Å².